The first kappa shape index (κ1) is 23.4. The number of nitrogens with one attached hydrogen (secondary N) is 3. The van der Waals surface area contributed by atoms with Crippen LogP contribution in [-0.2, 0) is 14.4 Å². The number of hydrogen-bond donors (Lipinski definition) is 3. The monoisotopic (exact) mass is 498 g/mol. The van der Waals surface area contributed by atoms with Crippen molar-refractivity contribution in [2.75, 3.05) is 17.2 Å². The molecular weight excluding hydrogens is 476 g/mol. The summed E-state index contributed by atoms with van der Waals surface area (Å²) < 4.78 is 0. The van der Waals surface area contributed by atoms with Crippen molar-refractivity contribution in [1.82, 2.24) is 9.88 Å². The molecule has 0 radical (unpaired) electrons. The van der Waals surface area contributed by atoms with Crippen LogP contribution in [0.15, 0.2) is 84.7 Å². The number of H-pyrrole nitrogens is 1. The van der Waals surface area contributed by atoms with Crippen LogP contribution >= 0.6 is 11.6 Å². The number of rotatable bonds is 6. The number of nitrogens with zero attached hydrogens (tertiary/aromatic N) is 1. The van der Waals surface area contributed by atoms with Crippen molar-refractivity contribution in [2.24, 2.45) is 0 Å². The molecule has 0 aliphatic carbocycles. The van der Waals surface area contributed by atoms with Gasteiger partial charge in [-0.15, -0.1) is 0 Å². The second-order valence-corrected chi connectivity index (χ2v) is 9.06. The maximum absolute atomic E-state index is 13.1. The van der Waals surface area contributed by atoms with Gasteiger partial charge < -0.3 is 20.5 Å². The summed E-state index contributed by atoms with van der Waals surface area (Å²) in [6.07, 6.45) is 8.88. The highest BCUT2D eigenvalue weighted by Crippen LogP contribution is 2.35. The van der Waals surface area contributed by atoms with E-state index < -0.39 is 6.04 Å². The first-order valence-corrected chi connectivity index (χ1v) is 11.8. The number of ketones is 1. The third kappa shape index (κ3) is 4.74. The summed E-state index contributed by atoms with van der Waals surface area (Å²) in [5, 5.41) is 6.35. The number of aromatic nitrogens is 1. The van der Waals surface area contributed by atoms with E-state index in [9.17, 15) is 14.4 Å². The van der Waals surface area contributed by atoms with Crippen molar-refractivity contribution < 1.29 is 14.4 Å². The third-order valence-corrected chi connectivity index (χ3v) is 6.36. The van der Waals surface area contributed by atoms with Gasteiger partial charge in [0.15, 0.2) is 5.78 Å². The zero-order chi connectivity index (χ0) is 25.2. The largest absolute Gasteiger partial charge is 0.362 e. The van der Waals surface area contributed by atoms with Gasteiger partial charge >= 0.3 is 0 Å². The van der Waals surface area contributed by atoms with Crippen molar-refractivity contribution in [1.29, 1.82) is 0 Å². The molecular formula is C28H23ClN4O3. The molecule has 1 unspecified atom stereocenters. The maximum Gasteiger partial charge on any atom is 0.256 e. The van der Waals surface area contributed by atoms with Crippen molar-refractivity contribution in [2.45, 2.75) is 13.0 Å². The minimum atomic E-state index is -0.532. The molecule has 0 bridgehead atoms. The highest BCUT2D eigenvalue weighted by Gasteiger charge is 2.27. The smallest absolute Gasteiger partial charge is 0.256 e. The molecule has 36 heavy (non-hydrogen) atoms. The van der Waals surface area contributed by atoms with Crippen LogP contribution in [0, 0.1) is 0 Å². The van der Waals surface area contributed by atoms with Gasteiger partial charge in [-0.1, -0.05) is 35.9 Å². The lowest BCUT2D eigenvalue weighted by molar-refractivity contribution is -0.122. The van der Waals surface area contributed by atoms with E-state index in [-0.39, 0.29) is 24.1 Å². The fourth-order valence-electron chi connectivity index (χ4n) is 4.42. The predicted octanol–water partition coefficient (Wildman–Crippen LogP) is 5.19. The van der Waals surface area contributed by atoms with Gasteiger partial charge in [0.2, 0.25) is 0 Å². The Bertz CT molecular complexity index is 1440. The zero-order valence-electron chi connectivity index (χ0n) is 19.4. The standard InChI is InChI=1S/C28H23ClN4O3/c1-17(34)26(18-6-8-20(29)9-7-18)33-13-3-4-19(16-33)27(35)31-22-10-11-23-24(14-21-5-2-12-30-21)28(36)32-25(23)15-22/h2-15,26,30H,16H2,1H3,(H,31,35)(H,32,36)/b24-14-. The molecule has 5 rings (SSSR count). The summed E-state index contributed by atoms with van der Waals surface area (Å²) >= 11 is 6.00. The van der Waals surface area contributed by atoms with Crippen LogP contribution in [0.4, 0.5) is 11.4 Å². The molecule has 1 aromatic heterocycles. The Kier molecular flexibility index (Phi) is 6.31. The van der Waals surface area contributed by atoms with Crippen LogP contribution in [0.5, 0.6) is 0 Å². The van der Waals surface area contributed by atoms with E-state index in [0.29, 0.717) is 27.5 Å². The van der Waals surface area contributed by atoms with Crippen LogP contribution in [0.1, 0.15) is 29.8 Å². The lowest BCUT2D eigenvalue weighted by Gasteiger charge is -2.31. The SMILES string of the molecule is CC(=O)C(c1ccc(Cl)cc1)N1C=CC=C(C(=O)Nc2ccc3c(c2)NC(=O)/C3=C\c2ccc[nH]2)C1. The molecule has 8 heteroatoms. The second kappa shape index (κ2) is 9.71. The molecule has 2 aliphatic heterocycles. The van der Waals surface area contributed by atoms with Crippen LogP contribution in [-0.4, -0.2) is 34.0 Å². The van der Waals surface area contributed by atoms with E-state index in [1.807, 2.05) is 35.2 Å². The minimum absolute atomic E-state index is 0.0406. The molecule has 2 amide bonds. The molecule has 2 aromatic carbocycles. The van der Waals surface area contributed by atoms with E-state index in [2.05, 4.69) is 15.6 Å². The molecule has 0 fully saturated rings. The van der Waals surface area contributed by atoms with E-state index >= 15 is 0 Å². The van der Waals surface area contributed by atoms with Crippen LogP contribution in [0.3, 0.4) is 0 Å². The number of benzene rings is 2. The molecule has 7 nitrogen and oxygen atoms in total. The first-order valence-electron chi connectivity index (χ1n) is 11.4. The number of amides is 2. The highest BCUT2D eigenvalue weighted by molar-refractivity contribution is 6.35. The Morgan fingerprint density at radius 2 is 1.94 bits per heavy atom. The van der Waals surface area contributed by atoms with Gasteiger partial charge in [-0.3, -0.25) is 14.4 Å². The number of allylic oxidation sites excluding steroid dienone is 2. The van der Waals surface area contributed by atoms with Gasteiger partial charge in [-0.25, -0.2) is 0 Å². The van der Waals surface area contributed by atoms with Crippen LogP contribution < -0.4 is 10.6 Å². The fraction of sp³-hybridized carbons (Fsp3) is 0.107. The number of carbonyl (C=O) groups is 3. The average molecular weight is 499 g/mol. The number of Topliss-reactive ketones (excluding diaryl/α,β-unsaturated/α-hetero) is 1. The molecule has 3 aromatic rings. The molecule has 2 aliphatic rings. The van der Waals surface area contributed by atoms with Crippen molar-refractivity contribution in [3.05, 3.63) is 107 Å². The summed E-state index contributed by atoms with van der Waals surface area (Å²) in [5.41, 5.74) is 4.65. The van der Waals surface area contributed by atoms with Gasteiger partial charge in [0, 0.05) is 46.5 Å². The number of hydrogen-bond acceptors (Lipinski definition) is 4. The normalized spacial score (nSPS) is 16.4. The number of fused-ring (bicyclic) bond motifs is 1. The Balaban J connectivity index is 1.31. The number of halogens is 1. The first-order chi connectivity index (χ1) is 17.4. The molecule has 0 saturated carbocycles. The molecule has 1 atom stereocenters. The topological polar surface area (TPSA) is 94.3 Å². The molecule has 3 N–H and O–H groups in total. The Hall–Kier alpha value is -4.36. The lowest BCUT2D eigenvalue weighted by atomic mass is 10.00. The number of aromatic amines is 1. The van der Waals surface area contributed by atoms with Gasteiger partial charge in [0.1, 0.15) is 6.04 Å². The Morgan fingerprint density at radius 1 is 1.14 bits per heavy atom. The summed E-state index contributed by atoms with van der Waals surface area (Å²) in [6.45, 7) is 1.79. The predicted molar refractivity (Wildman–Crippen MR) is 141 cm³/mol. The number of anilines is 2. The van der Waals surface area contributed by atoms with Crippen LogP contribution in [0.2, 0.25) is 5.02 Å². The Morgan fingerprint density at radius 3 is 2.67 bits per heavy atom. The summed E-state index contributed by atoms with van der Waals surface area (Å²) in [4.78, 5) is 43.0. The fourth-order valence-corrected chi connectivity index (χ4v) is 4.54. The summed E-state index contributed by atoms with van der Waals surface area (Å²) in [5.74, 6) is -0.522. The zero-order valence-corrected chi connectivity index (χ0v) is 20.2. The van der Waals surface area contributed by atoms with Gasteiger partial charge in [0.25, 0.3) is 11.8 Å². The van der Waals surface area contributed by atoms with Crippen molar-refractivity contribution in [3.63, 3.8) is 0 Å². The highest BCUT2D eigenvalue weighted by atomic mass is 35.5. The molecule has 0 saturated heterocycles. The lowest BCUT2D eigenvalue weighted by Crippen LogP contribution is -2.34. The van der Waals surface area contributed by atoms with Crippen molar-refractivity contribution >= 4 is 52.2 Å². The number of carbonyl (C=O) groups excluding carboxylic acids is 3. The molecule has 3 heterocycles. The second-order valence-electron chi connectivity index (χ2n) is 8.62. The van der Waals surface area contributed by atoms with E-state index in [1.165, 1.54) is 6.92 Å². The quantitative estimate of drug-likeness (QED) is 0.408. The third-order valence-electron chi connectivity index (χ3n) is 6.10. The minimum Gasteiger partial charge on any atom is -0.362 e. The van der Waals surface area contributed by atoms with Gasteiger partial charge in [-0.05, 0) is 61.0 Å². The van der Waals surface area contributed by atoms with E-state index in [1.54, 1.807) is 54.9 Å². The van der Waals surface area contributed by atoms with Crippen LogP contribution in [0.25, 0.3) is 11.6 Å². The summed E-state index contributed by atoms with van der Waals surface area (Å²) in [6, 6.07) is 15.7. The average Bonchev–Trinajstić information content (AvgIpc) is 3.48. The van der Waals surface area contributed by atoms with Gasteiger partial charge in [-0.2, -0.15) is 0 Å². The molecule has 0 spiro atoms. The summed E-state index contributed by atoms with van der Waals surface area (Å²) in [7, 11) is 0. The van der Waals surface area contributed by atoms with E-state index in [0.717, 1.165) is 16.8 Å². The van der Waals surface area contributed by atoms with Crippen molar-refractivity contribution in [3.8, 4) is 0 Å². The molecule has 180 valence electrons. The van der Waals surface area contributed by atoms with E-state index in [4.69, 9.17) is 11.6 Å². The Labute approximate surface area is 213 Å². The maximum atomic E-state index is 13.1. The van der Waals surface area contributed by atoms with Gasteiger partial charge in [0.05, 0.1) is 11.3 Å².